The Morgan fingerprint density at radius 1 is 1.69 bits per heavy atom. The van der Waals surface area contributed by atoms with Crippen LogP contribution in [0.4, 0.5) is 5.82 Å². The first kappa shape index (κ1) is 10.9. The molecule has 1 amide bonds. The summed E-state index contributed by atoms with van der Waals surface area (Å²) in [4.78, 5) is 15.9. The molecule has 0 saturated heterocycles. The molecule has 16 heavy (non-hydrogen) atoms. The Morgan fingerprint density at radius 2 is 2.44 bits per heavy atom. The number of carbonyl (C=O) groups is 1. The molecule has 6 heteroatoms. The van der Waals surface area contributed by atoms with Gasteiger partial charge in [0.1, 0.15) is 5.82 Å². The number of anilines is 1. The predicted octanol–water partition coefficient (Wildman–Crippen LogP) is 1.43. The fourth-order valence-electron chi connectivity index (χ4n) is 1.46. The summed E-state index contributed by atoms with van der Waals surface area (Å²) in [6.07, 6.45) is 1.77. The molecule has 0 saturated carbocycles. The zero-order valence-corrected chi connectivity index (χ0v) is 10.3. The lowest BCUT2D eigenvalue weighted by atomic mass is 10.4. The molecule has 0 spiro atoms. The number of aromatic nitrogens is 2. The lowest BCUT2D eigenvalue weighted by Gasteiger charge is -1.99. The standard InChI is InChI=1S/C10H11BrN4O/c1-2-13-10(16)7-8(12)15-5-3-4-6(11)9(15)14-7/h3-5H,2,12H2,1H3,(H,13,16). The fraction of sp³-hybridized carbons (Fsp3) is 0.200. The summed E-state index contributed by atoms with van der Waals surface area (Å²) >= 11 is 3.36. The third-order valence-corrected chi connectivity index (χ3v) is 2.81. The number of hydrogen-bond donors (Lipinski definition) is 2. The average Bonchev–Trinajstić information content (AvgIpc) is 2.59. The molecule has 84 valence electrons. The molecule has 2 aromatic heterocycles. The maximum absolute atomic E-state index is 11.7. The number of hydrogen-bond acceptors (Lipinski definition) is 3. The van der Waals surface area contributed by atoms with Crippen LogP contribution in [0.2, 0.25) is 0 Å². The van der Waals surface area contributed by atoms with Gasteiger partial charge < -0.3 is 11.1 Å². The lowest BCUT2D eigenvalue weighted by molar-refractivity contribution is 0.0952. The molecule has 0 aromatic carbocycles. The molecule has 0 aliphatic carbocycles. The highest BCUT2D eigenvalue weighted by atomic mass is 79.9. The van der Waals surface area contributed by atoms with E-state index in [4.69, 9.17) is 5.73 Å². The third-order valence-electron chi connectivity index (χ3n) is 2.19. The largest absolute Gasteiger partial charge is 0.383 e. The van der Waals surface area contributed by atoms with Crippen LogP contribution in [-0.4, -0.2) is 21.8 Å². The summed E-state index contributed by atoms with van der Waals surface area (Å²) in [6, 6.07) is 3.68. The Morgan fingerprint density at radius 3 is 3.06 bits per heavy atom. The quantitative estimate of drug-likeness (QED) is 0.875. The van der Waals surface area contributed by atoms with E-state index >= 15 is 0 Å². The van der Waals surface area contributed by atoms with Crippen LogP contribution in [-0.2, 0) is 0 Å². The van der Waals surface area contributed by atoms with Gasteiger partial charge in [0, 0.05) is 12.7 Å². The van der Waals surface area contributed by atoms with Gasteiger partial charge in [-0.1, -0.05) is 0 Å². The fourth-order valence-corrected chi connectivity index (χ4v) is 1.90. The molecular formula is C10H11BrN4O. The summed E-state index contributed by atoms with van der Waals surface area (Å²) in [6.45, 7) is 2.40. The lowest BCUT2D eigenvalue weighted by Crippen LogP contribution is -2.24. The number of imidazole rings is 1. The molecule has 2 rings (SSSR count). The number of halogens is 1. The van der Waals surface area contributed by atoms with E-state index in [2.05, 4.69) is 26.2 Å². The number of rotatable bonds is 2. The van der Waals surface area contributed by atoms with E-state index in [1.165, 1.54) is 0 Å². The van der Waals surface area contributed by atoms with Crippen molar-refractivity contribution in [1.82, 2.24) is 14.7 Å². The van der Waals surface area contributed by atoms with Gasteiger partial charge in [-0.05, 0) is 35.0 Å². The highest BCUT2D eigenvalue weighted by Crippen LogP contribution is 2.21. The van der Waals surface area contributed by atoms with Crippen molar-refractivity contribution in [3.8, 4) is 0 Å². The second kappa shape index (κ2) is 4.13. The van der Waals surface area contributed by atoms with Crippen molar-refractivity contribution in [2.75, 3.05) is 12.3 Å². The summed E-state index contributed by atoms with van der Waals surface area (Å²) in [5.41, 5.74) is 6.76. The van der Waals surface area contributed by atoms with E-state index in [0.717, 1.165) is 4.47 Å². The van der Waals surface area contributed by atoms with E-state index in [9.17, 15) is 4.79 Å². The van der Waals surface area contributed by atoms with Crippen LogP contribution >= 0.6 is 15.9 Å². The van der Waals surface area contributed by atoms with E-state index < -0.39 is 0 Å². The van der Waals surface area contributed by atoms with Gasteiger partial charge in [0.05, 0.1) is 4.47 Å². The highest BCUT2D eigenvalue weighted by molar-refractivity contribution is 9.10. The normalized spacial score (nSPS) is 10.6. The number of nitrogens with zero attached hydrogens (tertiary/aromatic N) is 2. The van der Waals surface area contributed by atoms with E-state index in [1.54, 1.807) is 10.6 Å². The summed E-state index contributed by atoms with van der Waals surface area (Å²) in [5.74, 6) is 0.0952. The van der Waals surface area contributed by atoms with Gasteiger partial charge in [0.15, 0.2) is 11.3 Å². The monoisotopic (exact) mass is 282 g/mol. The summed E-state index contributed by atoms with van der Waals surface area (Å²) in [5, 5.41) is 2.67. The van der Waals surface area contributed by atoms with Crippen molar-refractivity contribution >= 4 is 33.3 Å². The molecule has 0 fully saturated rings. The van der Waals surface area contributed by atoms with Crippen LogP contribution in [0.5, 0.6) is 0 Å². The van der Waals surface area contributed by atoms with Crippen LogP contribution < -0.4 is 11.1 Å². The summed E-state index contributed by atoms with van der Waals surface area (Å²) < 4.78 is 2.48. The van der Waals surface area contributed by atoms with Gasteiger partial charge >= 0.3 is 0 Å². The van der Waals surface area contributed by atoms with Crippen molar-refractivity contribution in [1.29, 1.82) is 0 Å². The molecule has 0 aliphatic rings. The highest BCUT2D eigenvalue weighted by Gasteiger charge is 2.16. The van der Waals surface area contributed by atoms with Gasteiger partial charge in [0.2, 0.25) is 0 Å². The predicted molar refractivity (Wildman–Crippen MR) is 65.3 cm³/mol. The second-order valence-electron chi connectivity index (χ2n) is 3.25. The van der Waals surface area contributed by atoms with E-state index in [1.807, 2.05) is 19.1 Å². The zero-order valence-electron chi connectivity index (χ0n) is 8.70. The maximum atomic E-state index is 11.7. The molecule has 2 aromatic rings. The molecule has 0 aliphatic heterocycles. The zero-order chi connectivity index (χ0) is 11.7. The Bertz CT molecular complexity index is 549. The number of carbonyl (C=O) groups excluding carboxylic acids is 1. The van der Waals surface area contributed by atoms with Crippen molar-refractivity contribution in [3.63, 3.8) is 0 Å². The molecule has 0 atom stereocenters. The van der Waals surface area contributed by atoms with Crippen LogP contribution in [0.15, 0.2) is 22.8 Å². The van der Waals surface area contributed by atoms with Crippen molar-refractivity contribution < 1.29 is 4.79 Å². The first-order chi connectivity index (χ1) is 7.65. The molecule has 5 nitrogen and oxygen atoms in total. The minimum absolute atomic E-state index is 0.254. The number of amides is 1. The van der Waals surface area contributed by atoms with Crippen molar-refractivity contribution in [2.24, 2.45) is 0 Å². The number of nitrogens with one attached hydrogen (secondary N) is 1. The smallest absolute Gasteiger partial charge is 0.273 e. The van der Waals surface area contributed by atoms with Crippen LogP contribution in [0.3, 0.4) is 0 Å². The van der Waals surface area contributed by atoms with Gasteiger partial charge in [-0.3, -0.25) is 9.20 Å². The third kappa shape index (κ3) is 1.65. The maximum Gasteiger partial charge on any atom is 0.273 e. The summed E-state index contributed by atoms with van der Waals surface area (Å²) in [7, 11) is 0. The van der Waals surface area contributed by atoms with Crippen molar-refractivity contribution in [2.45, 2.75) is 6.92 Å². The average molecular weight is 283 g/mol. The second-order valence-corrected chi connectivity index (χ2v) is 4.11. The van der Waals surface area contributed by atoms with Gasteiger partial charge in [-0.25, -0.2) is 4.98 Å². The molecule has 0 unspecified atom stereocenters. The molecule has 0 bridgehead atoms. The Hall–Kier alpha value is -1.56. The SMILES string of the molecule is CCNC(=O)c1nc2c(Br)cccn2c1N. The number of nitrogens with two attached hydrogens (primary N) is 1. The number of nitrogen functional groups attached to an aromatic ring is 1. The van der Waals surface area contributed by atoms with E-state index in [-0.39, 0.29) is 11.6 Å². The minimum Gasteiger partial charge on any atom is -0.383 e. The van der Waals surface area contributed by atoms with Crippen molar-refractivity contribution in [3.05, 3.63) is 28.5 Å². The molecule has 0 radical (unpaired) electrons. The minimum atomic E-state index is -0.254. The number of fused-ring (bicyclic) bond motifs is 1. The molecule has 2 heterocycles. The van der Waals surface area contributed by atoms with E-state index in [0.29, 0.717) is 18.0 Å². The van der Waals surface area contributed by atoms with Crippen LogP contribution in [0, 0.1) is 0 Å². The topological polar surface area (TPSA) is 72.4 Å². The molecule has 3 N–H and O–H groups in total. The van der Waals surface area contributed by atoms with Crippen LogP contribution in [0.1, 0.15) is 17.4 Å². The number of pyridine rings is 1. The van der Waals surface area contributed by atoms with Gasteiger partial charge in [0.25, 0.3) is 5.91 Å². The first-order valence-corrected chi connectivity index (χ1v) is 5.64. The Kier molecular flexibility index (Phi) is 2.82. The Labute approximate surface area is 101 Å². The molecular weight excluding hydrogens is 272 g/mol. The first-order valence-electron chi connectivity index (χ1n) is 4.85. The van der Waals surface area contributed by atoms with Crippen LogP contribution in [0.25, 0.3) is 5.65 Å². The Balaban J connectivity index is 2.60. The van der Waals surface area contributed by atoms with Gasteiger partial charge in [-0.15, -0.1) is 0 Å². The van der Waals surface area contributed by atoms with Gasteiger partial charge in [-0.2, -0.15) is 0 Å².